The molecule has 0 aliphatic carbocycles. The molecule has 0 fully saturated rings. The van der Waals surface area contributed by atoms with Crippen LogP contribution in [-0.2, 0) is 4.74 Å². The standard InChI is InChI=1S/C15H20O2/c1-3-5-12-14(9-4-2)17-15(16)13-10-7-6-8-11-13/h6-8,10-12H,3-5,9H2,1-2H3/b14-12-. The van der Waals surface area contributed by atoms with Crippen molar-refractivity contribution < 1.29 is 9.53 Å². The smallest absolute Gasteiger partial charge is 0.343 e. The molecule has 0 bridgehead atoms. The first-order valence-electron chi connectivity index (χ1n) is 6.24. The minimum atomic E-state index is -0.263. The Balaban J connectivity index is 2.64. The van der Waals surface area contributed by atoms with Crippen molar-refractivity contribution in [3.63, 3.8) is 0 Å². The molecule has 0 saturated heterocycles. The van der Waals surface area contributed by atoms with Gasteiger partial charge < -0.3 is 4.74 Å². The quantitative estimate of drug-likeness (QED) is 0.539. The maximum absolute atomic E-state index is 11.8. The number of esters is 1. The van der Waals surface area contributed by atoms with Crippen LogP contribution in [0.4, 0.5) is 0 Å². The average Bonchev–Trinajstić information content (AvgIpc) is 2.37. The van der Waals surface area contributed by atoms with Gasteiger partial charge in [-0.3, -0.25) is 0 Å². The summed E-state index contributed by atoms with van der Waals surface area (Å²) in [7, 11) is 0. The summed E-state index contributed by atoms with van der Waals surface area (Å²) in [5.41, 5.74) is 0.603. The molecule has 2 heteroatoms. The molecule has 0 N–H and O–H groups in total. The number of hydrogen-bond donors (Lipinski definition) is 0. The molecule has 0 aromatic heterocycles. The summed E-state index contributed by atoms with van der Waals surface area (Å²) in [6.45, 7) is 4.19. The Bertz CT molecular complexity index is 366. The average molecular weight is 232 g/mol. The highest BCUT2D eigenvalue weighted by atomic mass is 16.5. The third-order valence-electron chi connectivity index (χ3n) is 2.39. The molecule has 17 heavy (non-hydrogen) atoms. The van der Waals surface area contributed by atoms with Crippen molar-refractivity contribution in [3.05, 3.63) is 47.7 Å². The molecule has 0 saturated carbocycles. The third-order valence-corrected chi connectivity index (χ3v) is 2.39. The van der Waals surface area contributed by atoms with Gasteiger partial charge in [-0.2, -0.15) is 0 Å². The molecule has 92 valence electrons. The van der Waals surface area contributed by atoms with E-state index in [2.05, 4.69) is 13.8 Å². The molecule has 0 unspecified atom stereocenters. The summed E-state index contributed by atoms with van der Waals surface area (Å²) < 4.78 is 5.40. The molecule has 0 spiro atoms. The van der Waals surface area contributed by atoms with Crippen molar-refractivity contribution in [2.45, 2.75) is 39.5 Å². The Morgan fingerprint density at radius 3 is 2.47 bits per heavy atom. The van der Waals surface area contributed by atoms with Gasteiger partial charge in [-0.1, -0.05) is 38.5 Å². The van der Waals surface area contributed by atoms with Crippen LogP contribution in [0, 0.1) is 0 Å². The van der Waals surface area contributed by atoms with E-state index in [0.717, 1.165) is 31.4 Å². The monoisotopic (exact) mass is 232 g/mol. The lowest BCUT2D eigenvalue weighted by atomic mass is 10.2. The molecule has 0 heterocycles. The van der Waals surface area contributed by atoms with Crippen molar-refractivity contribution in [2.75, 3.05) is 0 Å². The van der Waals surface area contributed by atoms with Gasteiger partial charge in [0.2, 0.25) is 0 Å². The van der Waals surface area contributed by atoms with Crippen LogP contribution >= 0.6 is 0 Å². The predicted octanol–water partition coefficient (Wildman–Crippen LogP) is 4.33. The highest BCUT2D eigenvalue weighted by molar-refractivity contribution is 5.89. The predicted molar refractivity (Wildman–Crippen MR) is 69.8 cm³/mol. The van der Waals surface area contributed by atoms with Crippen molar-refractivity contribution in [1.29, 1.82) is 0 Å². The van der Waals surface area contributed by atoms with Gasteiger partial charge in [0, 0.05) is 6.42 Å². The van der Waals surface area contributed by atoms with Crippen LogP contribution in [0.25, 0.3) is 0 Å². The summed E-state index contributed by atoms with van der Waals surface area (Å²) in [5, 5.41) is 0. The van der Waals surface area contributed by atoms with E-state index in [1.165, 1.54) is 0 Å². The molecule has 1 aromatic carbocycles. The van der Waals surface area contributed by atoms with E-state index in [9.17, 15) is 4.79 Å². The summed E-state index contributed by atoms with van der Waals surface area (Å²) in [6.07, 6.45) is 5.84. The number of rotatable bonds is 6. The molecule has 1 rings (SSSR count). The van der Waals surface area contributed by atoms with E-state index in [1.807, 2.05) is 24.3 Å². The second kappa shape index (κ2) is 7.66. The van der Waals surface area contributed by atoms with Crippen LogP contribution in [0.2, 0.25) is 0 Å². The number of carbonyl (C=O) groups is 1. The second-order valence-corrected chi connectivity index (χ2v) is 3.96. The van der Waals surface area contributed by atoms with Gasteiger partial charge in [0.05, 0.1) is 5.56 Å². The molecular weight excluding hydrogens is 212 g/mol. The minimum Gasteiger partial charge on any atom is -0.428 e. The first-order chi connectivity index (χ1) is 8.27. The van der Waals surface area contributed by atoms with Crippen LogP contribution in [-0.4, -0.2) is 5.97 Å². The van der Waals surface area contributed by atoms with Crippen LogP contribution in [0.5, 0.6) is 0 Å². The molecule has 0 atom stereocenters. The molecule has 2 nitrogen and oxygen atoms in total. The number of unbranched alkanes of at least 4 members (excludes halogenated alkanes) is 1. The SMILES string of the molecule is CCC/C=C(/CCC)OC(=O)c1ccccc1. The van der Waals surface area contributed by atoms with E-state index >= 15 is 0 Å². The molecule has 0 aliphatic rings. The molecule has 1 aromatic rings. The fourth-order valence-electron chi connectivity index (χ4n) is 1.50. The van der Waals surface area contributed by atoms with Gasteiger partial charge in [-0.25, -0.2) is 4.79 Å². The Labute approximate surface area is 103 Å². The Morgan fingerprint density at radius 2 is 1.88 bits per heavy atom. The Morgan fingerprint density at radius 1 is 1.18 bits per heavy atom. The zero-order valence-electron chi connectivity index (χ0n) is 10.6. The lowest BCUT2D eigenvalue weighted by Crippen LogP contribution is -2.05. The van der Waals surface area contributed by atoms with Crippen LogP contribution in [0.1, 0.15) is 49.9 Å². The van der Waals surface area contributed by atoms with E-state index in [4.69, 9.17) is 4.74 Å². The number of hydrogen-bond acceptors (Lipinski definition) is 2. The van der Waals surface area contributed by atoms with Crippen molar-refractivity contribution >= 4 is 5.97 Å². The Kier molecular flexibility index (Phi) is 6.08. The number of carbonyl (C=O) groups excluding carboxylic acids is 1. The number of ether oxygens (including phenoxy) is 1. The maximum Gasteiger partial charge on any atom is 0.343 e. The lowest BCUT2D eigenvalue weighted by Gasteiger charge is -2.07. The van der Waals surface area contributed by atoms with E-state index in [-0.39, 0.29) is 5.97 Å². The minimum absolute atomic E-state index is 0.263. The van der Waals surface area contributed by atoms with Crippen molar-refractivity contribution in [3.8, 4) is 0 Å². The largest absolute Gasteiger partial charge is 0.428 e. The number of allylic oxidation sites excluding steroid dienone is 2. The fraction of sp³-hybridized carbons (Fsp3) is 0.400. The lowest BCUT2D eigenvalue weighted by molar-refractivity contribution is 0.0612. The zero-order chi connectivity index (χ0) is 12.5. The van der Waals surface area contributed by atoms with Crippen LogP contribution in [0.3, 0.4) is 0 Å². The summed E-state index contributed by atoms with van der Waals surface area (Å²) in [5.74, 6) is 0.532. The van der Waals surface area contributed by atoms with Crippen molar-refractivity contribution in [1.82, 2.24) is 0 Å². The molecule has 0 radical (unpaired) electrons. The third kappa shape index (κ3) is 4.85. The second-order valence-electron chi connectivity index (χ2n) is 3.96. The van der Waals surface area contributed by atoms with Crippen LogP contribution < -0.4 is 0 Å². The van der Waals surface area contributed by atoms with Gasteiger partial charge in [0.25, 0.3) is 0 Å². The summed E-state index contributed by atoms with van der Waals surface area (Å²) in [6, 6.07) is 9.10. The van der Waals surface area contributed by atoms with Gasteiger partial charge in [0.15, 0.2) is 0 Å². The summed E-state index contributed by atoms with van der Waals surface area (Å²) in [4.78, 5) is 11.8. The maximum atomic E-state index is 11.8. The Hall–Kier alpha value is -1.57. The highest BCUT2D eigenvalue weighted by Crippen LogP contribution is 2.12. The van der Waals surface area contributed by atoms with E-state index in [0.29, 0.717) is 5.56 Å². The topological polar surface area (TPSA) is 26.3 Å². The van der Waals surface area contributed by atoms with Gasteiger partial charge in [-0.15, -0.1) is 0 Å². The molecular formula is C15H20O2. The van der Waals surface area contributed by atoms with Gasteiger partial charge in [0.1, 0.15) is 5.76 Å². The van der Waals surface area contributed by atoms with E-state index < -0.39 is 0 Å². The first kappa shape index (κ1) is 13.5. The number of benzene rings is 1. The zero-order valence-corrected chi connectivity index (χ0v) is 10.6. The molecule has 0 aliphatic heterocycles. The van der Waals surface area contributed by atoms with Gasteiger partial charge >= 0.3 is 5.97 Å². The normalized spacial score (nSPS) is 11.3. The van der Waals surface area contributed by atoms with E-state index in [1.54, 1.807) is 12.1 Å². The highest BCUT2D eigenvalue weighted by Gasteiger charge is 2.08. The molecule has 0 amide bonds. The summed E-state index contributed by atoms with van der Waals surface area (Å²) >= 11 is 0. The van der Waals surface area contributed by atoms with Crippen LogP contribution in [0.15, 0.2) is 42.2 Å². The van der Waals surface area contributed by atoms with Gasteiger partial charge in [-0.05, 0) is 31.1 Å². The van der Waals surface area contributed by atoms with Crippen molar-refractivity contribution in [2.24, 2.45) is 0 Å². The first-order valence-corrected chi connectivity index (χ1v) is 6.24. The fourth-order valence-corrected chi connectivity index (χ4v) is 1.50.